The summed E-state index contributed by atoms with van der Waals surface area (Å²) in [6, 6.07) is 12.5. The fourth-order valence-corrected chi connectivity index (χ4v) is 2.28. The number of nitro groups is 1. The van der Waals surface area contributed by atoms with Crippen LogP contribution in [0.1, 0.15) is 10.4 Å². The van der Waals surface area contributed by atoms with E-state index in [1.807, 2.05) is 12.1 Å². The first-order valence-electron chi connectivity index (χ1n) is 6.56. The molecule has 0 aliphatic carbocycles. The van der Waals surface area contributed by atoms with Crippen LogP contribution in [0.2, 0.25) is 5.02 Å². The first-order valence-corrected chi connectivity index (χ1v) is 6.94. The zero-order valence-corrected chi connectivity index (χ0v) is 12.4. The molecule has 3 rings (SSSR count). The van der Waals surface area contributed by atoms with Crippen molar-refractivity contribution in [3.8, 4) is 5.75 Å². The van der Waals surface area contributed by atoms with Crippen LogP contribution in [0.25, 0.3) is 10.9 Å². The summed E-state index contributed by atoms with van der Waals surface area (Å²) < 4.78 is 5.32. The number of carbonyl (C=O) groups excluding carboxylic acids is 1. The Labute approximate surface area is 135 Å². The van der Waals surface area contributed by atoms with Crippen LogP contribution in [0.3, 0.4) is 0 Å². The van der Waals surface area contributed by atoms with E-state index in [-0.39, 0.29) is 22.0 Å². The SMILES string of the molecule is O=C(Oc1cccc2cccnc12)c1ccc(Cl)c([N+](=O)[O-])c1. The molecular weight excluding hydrogens is 320 g/mol. The van der Waals surface area contributed by atoms with E-state index in [4.69, 9.17) is 16.3 Å². The van der Waals surface area contributed by atoms with Crippen molar-refractivity contribution in [2.24, 2.45) is 0 Å². The Bertz CT molecular complexity index is 922. The number of fused-ring (bicyclic) bond motifs is 1. The molecule has 0 atom stereocenters. The molecule has 0 saturated heterocycles. The van der Waals surface area contributed by atoms with Gasteiger partial charge in [0.1, 0.15) is 10.5 Å². The van der Waals surface area contributed by atoms with Crippen LogP contribution in [0, 0.1) is 10.1 Å². The predicted octanol–water partition coefficient (Wildman–Crippen LogP) is 4.02. The van der Waals surface area contributed by atoms with Crippen molar-refractivity contribution in [2.45, 2.75) is 0 Å². The van der Waals surface area contributed by atoms with Crippen molar-refractivity contribution in [1.82, 2.24) is 4.98 Å². The van der Waals surface area contributed by atoms with E-state index in [0.29, 0.717) is 5.52 Å². The second kappa shape index (κ2) is 6.02. The van der Waals surface area contributed by atoms with Gasteiger partial charge < -0.3 is 4.74 Å². The average molecular weight is 329 g/mol. The van der Waals surface area contributed by atoms with Crippen molar-refractivity contribution >= 4 is 34.2 Å². The van der Waals surface area contributed by atoms with E-state index in [1.165, 1.54) is 12.1 Å². The van der Waals surface area contributed by atoms with E-state index in [2.05, 4.69) is 4.98 Å². The fourth-order valence-electron chi connectivity index (χ4n) is 2.10. The monoisotopic (exact) mass is 328 g/mol. The van der Waals surface area contributed by atoms with E-state index < -0.39 is 10.9 Å². The summed E-state index contributed by atoms with van der Waals surface area (Å²) in [6.45, 7) is 0. The number of esters is 1. The third-order valence-electron chi connectivity index (χ3n) is 3.18. The molecule has 0 radical (unpaired) electrons. The molecule has 6 nitrogen and oxygen atoms in total. The lowest BCUT2D eigenvalue weighted by Crippen LogP contribution is -2.09. The van der Waals surface area contributed by atoms with E-state index in [1.54, 1.807) is 24.4 Å². The molecule has 0 spiro atoms. The van der Waals surface area contributed by atoms with Gasteiger partial charge in [-0.15, -0.1) is 0 Å². The summed E-state index contributed by atoms with van der Waals surface area (Å²) in [5.41, 5.74) is 0.220. The van der Waals surface area contributed by atoms with Crippen LogP contribution in [0.5, 0.6) is 5.75 Å². The van der Waals surface area contributed by atoms with Crippen LogP contribution >= 0.6 is 11.6 Å². The Balaban J connectivity index is 1.95. The number of halogens is 1. The molecule has 0 aliphatic heterocycles. The van der Waals surface area contributed by atoms with Crippen LogP contribution < -0.4 is 4.74 Å². The number of ether oxygens (including phenoxy) is 1. The standard InChI is InChI=1S/C16H9ClN2O4/c17-12-7-6-11(9-13(12)19(21)22)16(20)23-14-5-1-3-10-4-2-8-18-15(10)14/h1-9H. The lowest BCUT2D eigenvalue weighted by Gasteiger charge is -2.07. The van der Waals surface area contributed by atoms with Gasteiger partial charge in [0.05, 0.1) is 10.5 Å². The molecule has 2 aromatic carbocycles. The molecule has 23 heavy (non-hydrogen) atoms. The van der Waals surface area contributed by atoms with Gasteiger partial charge >= 0.3 is 5.97 Å². The highest BCUT2D eigenvalue weighted by atomic mass is 35.5. The number of nitro benzene ring substituents is 1. The zero-order valence-electron chi connectivity index (χ0n) is 11.6. The number of hydrogen-bond donors (Lipinski definition) is 0. The number of aromatic nitrogens is 1. The first-order chi connectivity index (χ1) is 11.1. The topological polar surface area (TPSA) is 82.3 Å². The minimum atomic E-state index is -0.720. The third-order valence-corrected chi connectivity index (χ3v) is 3.50. The van der Waals surface area contributed by atoms with Crippen molar-refractivity contribution in [3.63, 3.8) is 0 Å². The van der Waals surface area contributed by atoms with Gasteiger partial charge in [-0.1, -0.05) is 29.8 Å². The van der Waals surface area contributed by atoms with Gasteiger partial charge in [-0.3, -0.25) is 15.1 Å². The van der Waals surface area contributed by atoms with Gasteiger partial charge in [-0.05, 0) is 24.3 Å². The molecule has 0 saturated carbocycles. The Kier molecular flexibility index (Phi) is 3.91. The van der Waals surface area contributed by atoms with Gasteiger partial charge in [0, 0.05) is 17.6 Å². The molecule has 0 amide bonds. The molecule has 3 aromatic rings. The highest BCUT2D eigenvalue weighted by molar-refractivity contribution is 6.32. The highest BCUT2D eigenvalue weighted by Gasteiger charge is 2.18. The van der Waals surface area contributed by atoms with Gasteiger partial charge in [0.15, 0.2) is 5.75 Å². The molecule has 0 aliphatic rings. The van der Waals surface area contributed by atoms with Crippen molar-refractivity contribution in [1.29, 1.82) is 0 Å². The lowest BCUT2D eigenvalue weighted by molar-refractivity contribution is -0.384. The second-order valence-corrected chi connectivity index (χ2v) is 5.05. The van der Waals surface area contributed by atoms with Gasteiger partial charge in [-0.25, -0.2) is 4.79 Å². The zero-order chi connectivity index (χ0) is 16.4. The highest BCUT2D eigenvalue weighted by Crippen LogP contribution is 2.27. The number of hydrogen-bond acceptors (Lipinski definition) is 5. The quantitative estimate of drug-likeness (QED) is 0.314. The normalized spacial score (nSPS) is 10.5. The summed E-state index contributed by atoms with van der Waals surface area (Å²) in [6.07, 6.45) is 1.59. The van der Waals surface area contributed by atoms with Crippen LogP contribution in [-0.2, 0) is 0 Å². The number of rotatable bonds is 3. The molecule has 0 fully saturated rings. The van der Waals surface area contributed by atoms with E-state index in [0.717, 1.165) is 11.5 Å². The summed E-state index contributed by atoms with van der Waals surface area (Å²) >= 11 is 5.73. The maximum Gasteiger partial charge on any atom is 0.343 e. The number of para-hydroxylation sites is 1. The van der Waals surface area contributed by atoms with E-state index >= 15 is 0 Å². The van der Waals surface area contributed by atoms with E-state index in [9.17, 15) is 14.9 Å². The molecule has 0 N–H and O–H groups in total. The number of benzene rings is 2. The Hall–Kier alpha value is -2.99. The third kappa shape index (κ3) is 2.97. The summed E-state index contributed by atoms with van der Waals surface area (Å²) in [4.78, 5) is 26.6. The largest absolute Gasteiger partial charge is 0.421 e. The average Bonchev–Trinajstić information content (AvgIpc) is 2.55. The van der Waals surface area contributed by atoms with Crippen molar-refractivity contribution < 1.29 is 14.5 Å². The number of pyridine rings is 1. The van der Waals surface area contributed by atoms with Crippen molar-refractivity contribution in [3.05, 3.63) is 75.4 Å². The number of nitrogens with zero attached hydrogens (tertiary/aromatic N) is 2. The number of carbonyl (C=O) groups is 1. The molecule has 0 unspecified atom stereocenters. The molecular formula is C16H9ClN2O4. The second-order valence-electron chi connectivity index (χ2n) is 4.64. The Morgan fingerprint density at radius 2 is 1.96 bits per heavy atom. The lowest BCUT2D eigenvalue weighted by atomic mass is 10.2. The Morgan fingerprint density at radius 1 is 1.17 bits per heavy atom. The van der Waals surface area contributed by atoms with Crippen LogP contribution in [0.4, 0.5) is 5.69 Å². The molecule has 114 valence electrons. The minimum absolute atomic E-state index is 0.0361. The van der Waals surface area contributed by atoms with Gasteiger partial charge in [0.2, 0.25) is 0 Å². The summed E-state index contributed by atoms with van der Waals surface area (Å²) in [5.74, 6) is -0.436. The first kappa shape index (κ1) is 14.9. The van der Waals surface area contributed by atoms with Crippen molar-refractivity contribution in [2.75, 3.05) is 0 Å². The van der Waals surface area contributed by atoms with Gasteiger partial charge in [0.25, 0.3) is 5.69 Å². The predicted molar refractivity (Wildman–Crippen MR) is 84.8 cm³/mol. The maximum absolute atomic E-state index is 12.2. The minimum Gasteiger partial charge on any atom is -0.421 e. The van der Waals surface area contributed by atoms with Crippen LogP contribution in [0.15, 0.2) is 54.7 Å². The fraction of sp³-hybridized carbons (Fsp3) is 0. The summed E-state index contributed by atoms with van der Waals surface area (Å²) in [5, 5.41) is 11.7. The maximum atomic E-state index is 12.2. The molecule has 0 bridgehead atoms. The summed E-state index contributed by atoms with van der Waals surface area (Å²) in [7, 11) is 0. The molecule has 1 aromatic heterocycles. The Morgan fingerprint density at radius 3 is 2.74 bits per heavy atom. The molecule has 1 heterocycles. The smallest absolute Gasteiger partial charge is 0.343 e. The van der Waals surface area contributed by atoms with Crippen LogP contribution in [-0.4, -0.2) is 15.9 Å². The molecule has 7 heteroatoms. The van der Waals surface area contributed by atoms with Gasteiger partial charge in [-0.2, -0.15) is 0 Å².